The van der Waals surface area contributed by atoms with Crippen molar-refractivity contribution in [3.8, 4) is 11.3 Å². The highest BCUT2D eigenvalue weighted by Crippen LogP contribution is 2.34. The standard InChI is InChI=1S/C27H26N4O3S/c1-17-10-12-18(13-11-17)35(33,34)31-16-20(19-8-6-7-9-23(19)31)22-14-28-26-24(29-22)21(15-30(26)5)25(32)27(2,3)4/h6-16H,1-5H3. The number of aromatic nitrogens is 4. The van der Waals surface area contributed by atoms with Gasteiger partial charge >= 0.3 is 0 Å². The van der Waals surface area contributed by atoms with Gasteiger partial charge in [0.2, 0.25) is 0 Å². The zero-order chi connectivity index (χ0) is 25.1. The summed E-state index contributed by atoms with van der Waals surface area (Å²) in [5, 5.41) is 0.733. The van der Waals surface area contributed by atoms with Crippen LogP contribution in [-0.4, -0.2) is 32.7 Å². The van der Waals surface area contributed by atoms with Crippen LogP contribution in [0.1, 0.15) is 36.7 Å². The van der Waals surface area contributed by atoms with Gasteiger partial charge in [-0.1, -0.05) is 56.7 Å². The minimum Gasteiger partial charge on any atom is -0.333 e. The Balaban J connectivity index is 1.74. The molecule has 2 aromatic carbocycles. The summed E-state index contributed by atoms with van der Waals surface area (Å²) >= 11 is 0. The Labute approximate surface area is 204 Å². The first-order valence-corrected chi connectivity index (χ1v) is 12.7. The molecule has 0 amide bonds. The van der Waals surface area contributed by atoms with Gasteiger partial charge in [-0.15, -0.1) is 0 Å². The molecule has 7 nitrogen and oxygen atoms in total. The molecular formula is C27H26N4O3S. The molecule has 8 heteroatoms. The number of rotatable bonds is 4. The number of para-hydroxylation sites is 1. The van der Waals surface area contributed by atoms with Crippen LogP contribution in [0.2, 0.25) is 0 Å². The van der Waals surface area contributed by atoms with Crippen LogP contribution in [0.3, 0.4) is 0 Å². The van der Waals surface area contributed by atoms with E-state index in [-0.39, 0.29) is 10.7 Å². The second-order valence-corrected chi connectivity index (χ2v) is 11.6. The summed E-state index contributed by atoms with van der Waals surface area (Å²) in [4.78, 5) is 22.7. The van der Waals surface area contributed by atoms with Crippen molar-refractivity contribution >= 4 is 37.9 Å². The molecule has 0 aliphatic carbocycles. The third kappa shape index (κ3) is 3.74. The Hall–Kier alpha value is -3.78. The van der Waals surface area contributed by atoms with E-state index in [1.165, 1.54) is 3.97 Å². The third-order valence-corrected chi connectivity index (χ3v) is 7.81. The number of hydrogen-bond donors (Lipinski definition) is 0. The van der Waals surface area contributed by atoms with Crippen LogP contribution >= 0.6 is 0 Å². The van der Waals surface area contributed by atoms with Crippen molar-refractivity contribution in [1.29, 1.82) is 0 Å². The van der Waals surface area contributed by atoms with Crippen LogP contribution in [-0.2, 0) is 17.1 Å². The van der Waals surface area contributed by atoms with Gasteiger partial charge in [0.05, 0.1) is 27.9 Å². The molecule has 0 atom stereocenters. The molecule has 0 spiro atoms. The lowest BCUT2D eigenvalue weighted by atomic mass is 9.87. The molecule has 0 bridgehead atoms. The maximum Gasteiger partial charge on any atom is 0.268 e. The highest BCUT2D eigenvalue weighted by Gasteiger charge is 2.28. The Kier molecular flexibility index (Phi) is 5.18. The van der Waals surface area contributed by atoms with Crippen molar-refractivity contribution in [1.82, 2.24) is 18.5 Å². The number of aryl methyl sites for hydroxylation is 2. The van der Waals surface area contributed by atoms with E-state index in [2.05, 4.69) is 4.98 Å². The number of nitrogens with zero attached hydrogens (tertiary/aromatic N) is 4. The lowest BCUT2D eigenvalue weighted by molar-refractivity contribution is 0.0859. The molecule has 0 saturated heterocycles. The van der Waals surface area contributed by atoms with Gasteiger partial charge in [0, 0.05) is 35.8 Å². The summed E-state index contributed by atoms with van der Waals surface area (Å²) in [7, 11) is -2.01. The minimum absolute atomic E-state index is 0.0288. The lowest BCUT2D eigenvalue weighted by Gasteiger charge is -2.15. The van der Waals surface area contributed by atoms with Gasteiger partial charge in [-0.2, -0.15) is 0 Å². The van der Waals surface area contributed by atoms with E-state index in [9.17, 15) is 13.2 Å². The highest BCUT2D eigenvalue weighted by atomic mass is 32.2. The number of hydrogen-bond acceptors (Lipinski definition) is 5. The third-order valence-electron chi connectivity index (χ3n) is 6.12. The summed E-state index contributed by atoms with van der Waals surface area (Å²) in [6.45, 7) is 7.52. The molecule has 0 unspecified atom stereocenters. The maximum atomic E-state index is 13.6. The maximum absolute atomic E-state index is 13.6. The number of ketones is 1. The summed E-state index contributed by atoms with van der Waals surface area (Å²) in [5.41, 5.74) is 3.67. The highest BCUT2D eigenvalue weighted by molar-refractivity contribution is 7.90. The van der Waals surface area contributed by atoms with E-state index >= 15 is 0 Å². The van der Waals surface area contributed by atoms with E-state index in [0.29, 0.717) is 33.5 Å². The van der Waals surface area contributed by atoms with Gasteiger partial charge in [-0.05, 0) is 25.1 Å². The molecule has 5 aromatic rings. The van der Waals surface area contributed by atoms with Crippen molar-refractivity contribution in [2.45, 2.75) is 32.6 Å². The van der Waals surface area contributed by atoms with E-state index in [1.54, 1.807) is 59.6 Å². The first kappa shape index (κ1) is 23.0. The first-order chi connectivity index (χ1) is 16.5. The van der Waals surface area contributed by atoms with Crippen molar-refractivity contribution in [3.05, 3.63) is 78.2 Å². The van der Waals surface area contributed by atoms with Crippen LogP contribution in [0.15, 0.2) is 72.0 Å². The van der Waals surface area contributed by atoms with Crippen molar-refractivity contribution in [2.24, 2.45) is 12.5 Å². The van der Waals surface area contributed by atoms with Crippen molar-refractivity contribution in [3.63, 3.8) is 0 Å². The number of fused-ring (bicyclic) bond motifs is 2. The molecule has 3 heterocycles. The van der Waals surface area contributed by atoms with Gasteiger partial charge in [-0.25, -0.2) is 22.4 Å². The molecule has 3 aromatic heterocycles. The number of Topliss-reactive ketones (excluding diaryl/α,β-unsaturated/α-hetero) is 1. The molecule has 0 N–H and O–H groups in total. The van der Waals surface area contributed by atoms with Gasteiger partial charge < -0.3 is 4.57 Å². The summed E-state index contributed by atoms with van der Waals surface area (Å²) in [6, 6.07) is 14.1. The largest absolute Gasteiger partial charge is 0.333 e. The lowest BCUT2D eigenvalue weighted by Crippen LogP contribution is -2.20. The molecule has 178 valence electrons. The zero-order valence-corrected chi connectivity index (χ0v) is 21.1. The Morgan fingerprint density at radius 2 is 1.66 bits per heavy atom. The van der Waals surface area contributed by atoms with Gasteiger partial charge in [0.15, 0.2) is 11.4 Å². The molecule has 35 heavy (non-hydrogen) atoms. The van der Waals surface area contributed by atoms with Crippen LogP contribution < -0.4 is 0 Å². The van der Waals surface area contributed by atoms with Crippen molar-refractivity contribution in [2.75, 3.05) is 0 Å². The average molecular weight is 487 g/mol. The van der Waals surface area contributed by atoms with E-state index < -0.39 is 15.4 Å². The SMILES string of the molecule is Cc1ccc(S(=O)(=O)n2cc(-c3cnc4c(n3)c(C(=O)C(C)(C)C)cn4C)c3ccccc32)cc1. The number of benzene rings is 2. The Bertz CT molecular complexity index is 1720. The van der Waals surface area contributed by atoms with E-state index in [4.69, 9.17) is 4.98 Å². The van der Waals surface area contributed by atoms with Crippen LogP contribution in [0.4, 0.5) is 0 Å². The predicted octanol–water partition coefficient (Wildman–Crippen LogP) is 5.36. The van der Waals surface area contributed by atoms with Gasteiger partial charge in [0.1, 0.15) is 5.52 Å². The topological polar surface area (TPSA) is 86.8 Å². The molecule has 0 radical (unpaired) electrons. The van der Waals surface area contributed by atoms with Crippen LogP contribution in [0.5, 0.6) is 0 Å². The van der Waals surface area contributed by atoms with Gasteiger partial charge in [-0.3, -0.25) is 4.79 Å². The predicted molar refractivity (Wildman–Crippen MR) is 137 cm³/mol. The molecule has 0 saturated carbocycles. The molecule has 0 fully saturated rings. The fourth-order valence-electron chi connectivity index (χ4n) is 4.21. The normalized spacial score (nSPS) is 12.5. The Morgan fingerprint density at radius 1 is 0.971 bits per heavy atom. The Morgan fingerprint density at radius 3 is 2.34 bits per heavy atom. The molecule has 0 aliphatic rings. The number of carbonyl (C=O) groups is 1. The fourth-order valence-corrected chi connectivity index (χ4v) is 5.58. The average Bonchev–Trinajstić information content (AvgIpc) is 3.37. The first-order valence-electron chi connectivity index (χ1n) is 11.3. The van der Waals surface area contributed by atoms with Crippen LogP contribution in [0, 0.1) is 12.3 Å². The summed E-state index contributed by atoms with van der Waals surface area (Å²) in [5.74, 6) is -0.0288. The summed E-state index contributed by atoms with van der Waals surface area (Å²) in [6.07, 6.45) is 4.97. The molecule has 0 aliphatic heterocycles. The quantitative estimate of drug-likeness (QED) is 0.319. The second kappa shape index (κ2) is 7.88. The van der Waals surface area contributed by atoms with Gasteiger partial charge in [0.25, 0.3) is 10.0 Å². The van der Waals surface area contributed by atoms with E-state index in [1.807, 2.05) is 46.9 Å². The van der Waals surface area contributed by atoms with Crippen molar-refractivity contribution < 1.29 is 13.2 Å². The fraction of sp³-hybridized carbons (Fsp3) is 0.222. The minimum atomic E-state index is -3.84. The smallest absolute Gasteiger partial charge is 0.268 e. The van der Waals surface area contributed by atoms with E-state index in [0.717, 1.165) is 10.9 Å². The second-order valence-electron chi connectivity index (χ2n) is 9.83. The van der Waals surface area contributed by atoms with Crippen LogP contribution in [0.25, 0.3) is 33.3 Å². The molecule has 5 rings (SSSR count). The summed E-state index contributed by atoms with van der Waals surface area (Å²) < 4.78 is 30.2. The number of carbonyl (C=O) groups excluding carboxylic acids is 1. The zero-order valence-electron chi connectivity index (χ0n) is 20.3. The monoisotopic (exact) mass is 486 g/mol. The molecular weight excluding hydrogens is 460 g/mol.